The zero-order valence-corrected chi connectivity index (χ0v) is 11.9. The van der Waals surface area contributed by atoms with Crippen molar-refractivity contribution in [1.29, 1.82) is 0 Å². The van der Waals surface area contributed by atoms with Crippen molar-refractivity contribution in [2.45, 2.75) is 25.8 Å². The molecule has 98 valence electrons. The van der Waals surface area contributed by atoms with Crippen molar-refractivity contribution in [3.63, 3.8) is 0 Å². The van der Waals surface area contributed by atoms with Gasteiger partial charge in [-0.1, -0.05) is 6.07 Å². The average molecular weight is 276 g/mol. The standard InChI is InChI=1S/C11H20N2O2S2/c1-10(11-6-5-8-16-11)13(2)17(14,15)9-4-3-7-12/h5-6,8,10H,3-4,7,9,12H2,1-2H3. The van der Waals surface area contributed by atoms with Gasteiger partial charge < -0.3 is 5.73 Å². The summed E-state index contributed by atoms with van der Waals surface area (Å²) in [5, 5.41) is 1.96. The summed E-state index contributed by atoms with van der Waals surface area (Å²) in [6.07, 6.45) is 1.38. The maximum Gasteiger partial charge on any atom is 0.214 e. The number of hydrogen-bond donors (Lipinski definition) is 1. The second kappa shape index (κ2) is 6.49. The summed E-state index contributed by atoms with van der Waals surface area (Å²) < 4.78 is 25.5. The highest BCUT2D eigenvalue weighted by molar-refractivity contribution is 7.89. The molecule has 0 bridgehead atoms. The van der Waals surface area contributed by atoms with Crippen molar-refractivity contribution in [3.8, 4) is 0 Å². The van der Waals surface area contributed by atoms with Crippen LogP contribution in [0.15, 0.2) is 17.5 Å². The Bertz CT molecular complexity index is 415. The summed E-state index contributed by atoms with van der Waals surface area (Å²) in [5.41, 5.74) is 5.36. The van der Waals surface area contributed by atoms with E-state index in [9.17, 15) is 8.42 Å². The van der Waals surface area contributed by atoms with Crippen molar-refractivity contribution in [2.24, 2.45) is 5.73 Å². The second-order valence-electron chi connectivity index (χ2n) is 4.02. The normalized spacial score (nSPS) is 14.1. The summed E-state index contributed by atoms with van der Waals surface area (Å²) >= 11 is 1.58. The van der Waals surface area contributed by atoms with Crippen molar-refractivity contribution in [2.75, 3.05) is 19.3 Å². The minimum atomic E-state index is -3.17. The van der Waals surface area contributed by atoms with Crippen LogP contribution < -0.4 is 5.73 Å². The fraction of sp³-hybridized carbons (Fsp3) is 0.636. The molecule has 0 spiro atoms. The number of rotatable bonds is 7. The molecule has 0 aromatic carbocycles. The molecule has 0 saturated carbocycles. The van der Waals surface area contributed by atoms with Crippen LogP contribution in [0.3, 0.4) is 0 Å². The molecule has 0 fully saturated rings. The maximum atomic E-state index is 12.0. The molecule has 0 aliphatic carbocycles. The third-order valence-corrected chi connectivity index (χ3v) is 5.84. The van der Waals surface area contributed by atoms with Gasteiger partial charge in [0.25, 0.3) is 0 Å². The van der Waals surface area contributed by atoms with Gasteiger partial charge in [0.05, 0.1) is 11.8 Å². The first-order valence-electron chi connectivity index (χ1n) is 5.68. The molecule has 1 heterocycles. The van der Waals surface area contributed by atoms with E-state index in [2.05, 4.69) is 0 Å². The molecule has 1 aromatic rings. The van der Waals surface area contributed by atoms with Crippen molar-refractivity contribution in [1.82, 2.24) is 4.31 Å². The predicted octanol–water partition coefficient (Wildman–Crippen LogP) is 1.81. The molecule has 1 aromatic heterocycles. The number of nitrogens with two attached hydrogens (primary N) is 1. The van der Waals surface area contributed by atoms with Crippen LogP contribution in [0.4, 0.5) is 0 Å². The number of thiophene rings is 1. The van der Waals surface area contributed by atoms with Crippen LogP contribution >= 0.6 is 11.3 Å². The smallest absolute Gasteiger partial charge is 0.214 e. The lowest BCUT2D eigenvalue weighted by Gasteiger charge is -2.23. The lowest BCUT2D eigenvalue weighted by atomic mass is 10.3. The van der Waals surface area contributed by atoms with Gasteiger partial charge in [-0.15, -0.1) is 11.3 Å². The van der Waals surface area contributed by atoms with Gasteiger partial charge in [-0.25, -0.2) is 8.42 Å². The Kier molecular flexibility index (Phi) is 5.58. The predicted molar refractivity (Wildman–Crippen MR) is 72.6 cm³/mol. The van der Waals surface area contributed by atoms with Gasteiger partial charge in [0.2, 0.25) is 10.0 Å². The molecule has 4 nitrogen and oxygen atoms in total. The molecular formula is C11H20N2O2S2. The largest absolute Gasteiger partial charge is 0.330 e. The Morgan fingerprint density at radius 3 is 2.71 bits per heavy atom. The molecular weight excluding hydrogens is 256 g/mol. The fourth-order valence-electron chi connectivity index (χ4n) is 1.52. The quantitative estimate of drug-likeness (QED) is 0.773. The van der Waals surface area contributed by atoms with E-state index in [4.69, 9.17) is 5.73 Å². The third-order valence-electron chi connectivity index (χ3n) is 2.80. The van der Waals surface area contributed by atoms with E-state index in [0.29, 0.717) is 13.0 Å². The lowest BCUT2D eigenvalue weighted by molar-refractivity contribution is 0.402. The van der Waals surface area contributed by atoms with Crippen molar-refractivity contribution >= 4 is 21.4 Å². The number of hydrogen-bond acceptors (Lipinski definition) is 4. The Balaban J connectivity index is 2.65. The molecule has 17 heavy (non-hydrogen) atoms. The van der Waals surface area contributed by atoms with Gasteiger partial charge in [0, 0.05) is 11.9 Å². The Labute approximate surface area is 107 Å². The Hall–Kier alpha value is -0.430. The molecule has 2 N–H and O–H groups in total. The van der Waals surface area contributed by atoms with E-state index in [1.807, 2.05) is 24.4 Å². The highest BCUT2D eigenvalue weighted by Crippen LogP contribution is 2.25. The number of nitrogens with zero attached hydrogens (tertiary/aromatic N) is 1. The van der Waals surface area contributed by atoms with Crippen molar-refractivity contribution < 1.29 is 8.42 Å². The summed E-state index contributed by atoms with van der Waals surface area (Å²) in [7, 11) is -1.53. The van der Waals surface area contributed by atoms with Gasteiger partial charge in [0.15, 0.2) is 0 Å². The van der Waals surface area contributed by atoms with Crippen LogP contribution in [-0.2, 0) is 10.0 Å². The lowest BCUT2D eigenvalue weighted by Crippen LogP contribution is -2.31. The molecule has 0 amide bonds. The first kappa shape index (κ1) is 14.6. The van der Waals surface area contributed by atoms with Crippen LogP contribution in [0, 0.1) is 0 Å². The summed E-state index contributed by atoms with van der Waals surface area (Å²) in [6, 6.07) is 3.80. The highest BCUT2D eigenvalue weighted by atomic mass is 32.2. The monoisotopic (exact) mass is 276 g/mol. The minimum absolute atomic E-state index is 0.0992. The number of unbranched alkanes of at least 4 members (excludes halogenated alkanes) is 1. The number of sulfonamides is 1. The van der Waals surface area contributed by atoms with Gasteiger partial charge >= 0.3 is 0 Å². The zero-order chi connectivity index (χ0) is 12.9. The summed E-state index contributed by atoms with van der Waals surface area (Å²) in [6.45, 7) is 2.45. The van der Waals surface area contributed by atoms with E-state index in [0.717, 1.165) is 11.3 Å². The minimum Gasteiger partial charge on any atom is -0.330 e. The highest BCUT2D eigenvalue weighted by Gasteiger charge is 2.24. The van der Waals surface area contributed by atoms with E-state index in [1.54, 1.807) is 18.4 Å². The Morgan fingerprint density at radius 1 is 1.47 bits per heavy atom. The molecule has 0 radical (unpaired) electrons. The van der Waals surface area contributed by atoms with Crippen LogP contribution in [0.2, 0.25) is 0 Å². The first-order chi connectivity index (χ1) is 7.99. The van der Waals surface area contributed by atoms with Gasteiger partial charge in [0.1, 0.15) is 0 Å². The molecule has 0 aliphatic rings. The van der Waals surface area contributed by atoms with Crippen molar-refractivity contribution in [3.05, 3.63) is 22.4 Å². The Morgan fingerprint density at radius 2 is 2.18 bits per heavy atom. The van der Waals surface area contributed by atoms with Crippen LogP contribution in [-0.4, -0.2) is 32.1 Å². The third kappa shape index (κ3) is 4.06. The second-order valence-corrected chi connectivity index (χ2v) is 7.15. The van der Waals surface area contributed by atoms with Crippen LogP contribution in [0.25, 0.3) is 0 Å². The van der Waals surface area contributed by atoms with E-state index in [-0.39, 0.29) is 11.8 Å². The molecule has 6 heteroatoms. The topological polar surface area (TPSA) is 63.4 Å². The van der Waals surface area contributed by atoms with E-state index < -0.39 is 10.0 Å². The maximum absolute atomic E-state index is 12.0. The summed E-state index contributed by atoms with van der Waals surface area (Å²) in [5.74, 6) is 0.177. The van der Waals surface area contributed by atoms with E-state index in [1.165, 1.54) is 4.31 Å². The average Bonchev–Trinajstić information content (AvgIpc) is 2.80. The zero-order valence-electron chi connectivity index (χ0n) is 10.3. The fourth-order valence-corrected chi connectivity index (χ4v) is 3.87. The van der Waals surface area contributed by atoms with E-state index >= 15 is 0 Å². The SMILES string of the molecule is CC(c1cccs1)N(C)S(=O)(=O)CCCCN. The van der Waals surface area contributed by atoms with Gasteiger partial charge in [-0.3, -0.25) is 0 Å². The van der Waals surface area contributed by atoms with Crippen LogP contribution in [0.5, 0.6) is 0 Å². The molecule has 1 unspecified atom stereocenters. The molecule has 1 rings (SSSR count). The van der Waals surface area contributed by atoms with Crippen LogP contribution in [0.1, 0.15) is 30.7 Å². The first-order valence-corrected chi connectivity index (χ1v) is 8.17. The van der Waals surface area contributed by atoms with Gasteiger partial charge in [-0.05, 0) is 37.8 Å². The molecule has 1 atom stereocenters. The molecule has 0 aliphatic heterocycles. The molecule has 0 saturated heterocycles. The van der Waals surface area contributed by atoms with Gasteiger partial charge in [-0.2, -0.15) is 4.31 Å². The summed E-state index contributed by atoms with van der Waals surface area (Å²) in [4.78, 5) is 1.06.